The molecule has 0 aromatic heterocycles. The highest BCUT2D eigenvalue weighted by molar-refractivity contribution is 6.30. The fourth-order valence-corrected chi connectivity index (χ4v) is 2.85. The topological polar surface area (TPSA) is 12.0 Å². The Morgan fingerprint density at radius 1 is 1.21 bits per heavy atom. The van der Waals surface area contributed by atoms with Crippen LogP contribution in [0.3, 0.4) is 0 Å². The Bertz CT molecular complexity index is 624. The van der Waals surface area contributed by atoms with Gasteiger partial charge in [0.15, 0.2) is 0 Å². The molecule has 0 saturated heterocycles. The average molecular weight is 276 g/mol. The van der Waals surface area contributed by atoms with Gasteiger partial charge in [0.1, 0.15) is 5.82 Å². The Hall–Kier alpha value is -1.54. The maximum atomic E-state index is 13.2. The van der Waals surface area contributed by atoms with Gasteiger partial charge in [-0.1, -0.05) is 23.7 Å². The van der Waals surface area contributed by atoms with Gasteiger partial charge >= 0.3 is 0 Å². The van der Waals surface area contributed by atoms with E-state index >= 15 is 0 Å². The zero-order valence-electron chi connectivity index (χ0n) is 10.7. The van der Waals surface area contributed by atoms with Gasteiger partial charge in [0.05, 0.1) is 6.04 Å². The molecule has 0 aliphatic heterocycles. The van der Waals surface area contributed by atoms with Crippen LogP contribution in [0.5, 0.6) is 0 Å². The number of hydrogen-bond acceptors (Lipinski definition) is 1. The second-order valence-corrected chi connectivity index (χ2v) is 5.47. The molecule has 0 radical (unpaired) electrons. The summed E-state index contributed by atoms with van der Waals surface area (Å²) >= 11 is 6.03. The molecule has 98 valence electrons. The van der Waals surface area contributed by atoms with Crippen LogP contribution in [0, 0.1) is 12.7 Å². The number of aryl methyl sites for hydroxylation is 2. The maximum absolute atomic E-state index is 13.2. The number of nitrogens with one attached hydrogen (secondary N) is 1. The first-order valence-electron chi connectivity index (χ1n) is 6.44. The van der Waals surface area contributed by atoms with Gasteiger partial charge in [-0.2, -0.15) is 0 Å². The summed E-state index contributed by atoms with van der Waals surface area (Å²) in [5.41, 5.74) is 4.52. The standard InChI is InChI=1S/C16H15ClFN/c1-10-2-4-12(17)9-16(10)19-15-7-3-11-8-13(18)5-6-14(11)15/h2,4-6,8-9,15,19H,3,7H2,1H3. The third-order valence-electron chi connectivity index (χ3n) is 3.71. The second-order valence-electron chi connectivity index (χ2n) is 5.04. The number of benzene rings is 2. The second kappa shape index (κ2) is 4.86. The summed E-state index contributed by atoms with van der Waals surface area (Å²) in [6.45, 7) is 2.05. The fourth-order valence-electron chi connectivity index (χ4n) is 2.67. The first-order valence-corrected chi connectivity index (χ1v) is 6.82. The van der Waals surface area contributed by atoms with E-state index in [9.17, 15) is 4.39 Å². The quantitative estimate of drug-likeness (QED) is 0.823. The summed E-state index contributed by atoms with van der Waals surface area (Å²) in [7, 11) is 0. The first kappa shape index (κ1) is 12.5. The molecule has 0 heterocycles. The Kier molecular flexibility index (Phi) is 3.19. The van der Waals surface area contributed by atoms with Gasteiger partial charge in [-0.05, 0) is 60.7 Å². The van der Waals surface area contributed by atoms with Gasteiger partial charge in [-0.15, -0.1) is 0 Å². The maximum Gasteiger partial charge on any atom is 0.123 e. The van der Waals surface area contributed by atoms with Crippen LogP contribution in [0.15, 0.2) is 36.4 Å². The first-order chi connectivity index (χ1) is 9.13. The van der Waals surface area contributed by atoms with E-state index in [0.717, 1.165) is 29.1 Å². The van der Waals surface area contributed by atoms with Crippen LogP contribution in [0.2, 0.25) is 5.02 Å². The molecule has 0 fully saturated rings. The molecule has 1 aliphatic rings. The zero-order chi connectivity index (χ0) is 13.4. The number of rotatable bonds is 2. The van der Waals surface area contributed by atoms with Crippen molar-refractivity contribution in [1.29, 1.82) is 0 Å². The summed E-state index contributed by atoms with van der Waals surface area (Å²) in [6, 6.07) is 11.1. The number of anilines is 1. The highest BCUT2D eigenvalue weighted by atomic mass is 35.5. The van der Waals surface area contributed by atoms with Crippen molar-refractivity contribution in [2.24, 2.45) is 0 Å². The molecule has 0 amide bonds. The molecule has 3 rings (SSSR count). The van der Waals surface area contributed by atoms with E-state index in [-0.39, 0.29) is 11.9 Å². The van der Waals surface area contributed by atoms with Crippen LogP contribution in [0.4, 0.5) is 10.1 Å². The van der Waals surface area contributed by atoms with Crippen molar-refractivity contribution in [2.75, 3.05) is 5.32 Å². The molecule has 2 aromatic carbocycles. The lowest BCUT2D eigenvalue weighted by atomic mass is 10.1. The minimum Gasteiger partial charge on any atom is -0.378 e. The molecule has 0 spiro atoms. The molecule has 1 nitrogen and oxygen atoms in total. The van der Waals surface area contributed by atoms with E-state index in [1.54, 1.807) is 6.07 Å². The third-order valence-corrected chi connectivity index (χ3v) is 3.95. The van der Waals surface area contributed by atoms with Crippen molar-refractivity contribution in [2.45, 2.75) is 25.8 Å². The molecule has 2 aromatic rings. The molecular formula is C16H15ClFN. The summed E-state index contributed by atoms with van der Waals surface area (Å²) < 4.78 is 13.2. The Morgan fingerprint density at radius 2 is 2.05 bits per heavy atom. The molecule has 19 heavy (non-hydrogen) atoms. The van der Waals surface area contributed by atoms with Gasteiger partial charge in [0.25, 0.3) is 0 Å². The van der Waals surface area contributed by atoms with Crippen LogP contribution in [0.25, 0.3) is 0 Å². The van der Waals surface area contributed by atoms with E-state index in [2.05, 4.69) is 12.2 Å². The molecular weight excluding hydrogens is 261 g/mol. The molecule has 1 unspecified atom stereocenters. The average Bonchev–Trinajstić information content (AvgIpc) is 2.76. The van der Waals surface area contributed by atoms with Crippen LogP contribution < -0.4 is 5.32 Å². The van der Waals surface area contributed by atoms with E-state index < -0.39 is 0 Å². The van der Waals surface area contributed by atoms with Crippen molar-refractivity contribution < 1.29 is 4.39 Å². The highest BCUT2D eigenvalue weighted by Crippen LogP contribution is 2.35. The molecule has 1 atom stereocenters. The van der Waals surface area contributed by atoms with Crippen LogP contribution >= 0.6 is 11.6 Å². The van der Waals surface area contributed by atoms with Crippen LogP contribution in [0.1, 0.15) is 29.2 Å². The molecule has 1 aliphatic carbocycles. The lowest BCUT2D eigenvalue weighted by Crippen LogP contribution is -2.08. The normalized spacial score (nSPS) is 17.3. The van der Waals surface area contributed by atoms with Crippen molar-refractivity contribution in [1.82, 2.24) is 0 Å². The molecule has 1 N–H and O–H groups in total. The Balaban J connectivity index is 1.88. The minimum absolute atomic E-state index is 0.154. The fraction of sp³-hybridized carbons (Fsp3) is 0.250. The number of halogens is 2. The smallest absolute Gasteiger partial charge is 0.123 e. The van der Waals surface area contributed by atoms with Gasteiger partial charge in [-0.25, -0.2) is 4.39 Å². The van der Waals surface area contributed by atoms with Crippen molar-refractivity contribution >= 4 is 17.3 Å². The van der Waals surface area contributed by atoms with Crippen LogP contribution in [-0.2, 0) is 6.42 Å². The van der Waals surface area contributed by atoms with Gasteiger partial charge in [0.2, 0.25) is 0 Å². The van der Waals surface area contributed by atoms with Gasteiger partial charge in [-0.3, -0.25) is 0 Å². The zero-order valence-corrected chi connectivity index (χ0v) is 11.5. The van der Waals surface area contributed by atoms with Gasteiger partial charge in [0, 0.05) is 10.7 Å². The van der Waals surface area contributed by atoms with Crippen molar-refractivity contribution in [3.63, 3.8) is 0 Å². The van der Waals surface area contributed by atoms with Gasteiger partial charge < -0.3 is 5.32 Å². The Labute approximate surface area is 117 Å². The molecule has 3 heteroatoms. The largest absolute Gasteiger partial charge is 0.378 e. The Morgan fingerprint density at radius 3 is 2.89 bits per heavy atom. The number of hydrogen-bond donors (Lipinski definition) is 1. The molecule has 0 saturated carbocycles. The summed E-state index contributed by atoms with van der Waals surface area (Å²) in [5.74, 6) is -0.154. The van der Waals surface area contributed by atoms with E-state index in [1.807, 2.05) is 24.3 Å². The summed E-state index contributed by atoms with van der Waals surface area (Å²) in [6.07, 6.45) is 1.91. The predicted octanol–water partition coefficient (Wildman–Crippen LogP) is 4.89. The monoisotopic (exact) mass is 275 g/mol. The van der Waals surface area contributed by atoms with E-state index in [4.69, 9.17) is 11.6 Å². The van der Waals surface area contributed by atoms with E-state index in [0.29, 0.717) is 0 Å². The lowest BCUT2D eigenvalue weighted by molar-refractivity contribution is 0.626. The SMILES string of the molecule is Cc1ccc(Cl)cc1NC1CCc2cc(F)ccc21. The summed E-state index contributed by atoms with van der Waals surface area (Å²) in [5, 5.41) is 4.25. The summed E-state index contributed by atoms with van der Waals surface area (Å²) in [4.78, 5) is 0. The third kappa shape index (κ3) is 2.45. The minimum atomic E-state index is -0.154. The predicted molar refractivity (Wildman–Crippen MR) is 77.3 cm³/mol. The highest BCUT2D eigenvalue weighted by Gasteiger charge is 2.22. The molecule has 0 bridgehead atoms. The van der Waals surface area contributed by atoms with E-state index in [1.165, 1.54) is 17.2 Å². The van der Waals surface area contributed by atoms with Crippen molar-refractivity contribution in [3.8, 4) is 0 Å². The lowest BCUT2D eigenvalue weighted by Gasteiger charge is -2.17. The number of fused-ring (bicyclic) bond motifs is 1. The van der Waals surface area contributed by atoms with Crippen molar-refractivity contribution in [3.05, 3.63) is 63.9 Å². The van der Waals surface area contributed by atoms with Crippen LogP contribution in [-0.4, -0.2) is 0 Å².